The predicted octanol–water partition coefficient (Wildman–Crippen LogP) is 3.20. The zero-order valence-electron chi connectivity index (χ0n) is 9.47. The first-order chi connectivity index (χ1) is 6.24. The largest absolute Gasteiger partial charge is 0.314 e. The Labute approximate surface area is 83.3 Å². The highest BCUT2D eigenvalue weighted by Crippen LogP contribution is 2.30. The van der Waals surface area contributed by atoms with Crippen LogP contribution in [0.1, 0.15) is 52.9 Å². The first-order valence-corrected chi connectivity index (χ1v) is 5.97. The van der Waals surface area contributed by atoms with Crippen LogP contribution < -0.4 is 5.32 Å². The zero-order valence-corrected chi connectivity index (χ0v) is 9.47. The monoisotopic (exact) mass is 183 g/mol. The highest BCUT2D eigenvalue weighted by Gasteiger charge is 2.22. The van der Waals surface area contributed by atoms with Crippen LogP contribution in [0.25, 0.3) is 0 Å². The molecule has 13 heavy (non-hydrogen) atoms. The predicted molar refractivity (Wildman–Crippen MR) is 58.9 cm³/mol. The molecule has 1 nitrogen and oxygen atoms in total. The average Bonchev–Trinajstić information content (AvgIpc) is 2.48. The Morgan fingerprint density at radius 1 is 1.38 bits per heavy atom. The lowest BCUT2D eigenvalue weighted by molar-refractivity contribution is 0.366. The van der Waals surface area contributed by atoms with Gasteiger partial charge in [0.05, 0.1) is 0 Å². The molecule has 0 amide bonds. The molecule has 0 aliphatic heterocycles. The zero-order chi connectivity index (χ0) is 9.68. The topological polar surface area (TPSA) is 12.0 Å². The van der Waals surface area contributed by atoms with E-state index in [1.807, 2.05) is 0 Å². The average molecular weight is 183 g/mol. The third-order valence-corrected chi connectivity index (χ3v) is 3.49. The minimum Gasteiger partial charge on any atom is -0.314 e. The van der Waals surface area contributed by atoms with E-state index in [-0.39, 0.29) is 0 Å². The Bertz CT molecular complexity index is 133. The molecular formula is C12H25N. The van der Waals surface area contributed by atoms with Gasteiger partial charge in [-0.05, 0) is 38.1 Å². The van der Waals surface area contributed by atoms with E-state index in [1.165, 1.54) is 38.6 Å². The molecule has 0 spiro atoms. The lowest BCUT2D eigenvalue weighted by Gasteiger charge is -2.19. The minimum absolute atomic E-state index is 0.720. The van der Waals surface area contributed by atoms with E-state index in [9.17, 15) is 0 Å². The van der Waals surface area contributed by atoms with Crippen molar-refractivity contribution in [2.45, 2.75) is 58.9 Å². The summed E-state index contributed by atoms with van der Waals surface area (Å²) < 4.78 is 0. The van der Waals surface area contributed by atoms with Crippen LogP contribution in [0, 0.1) is 11.8 Å². The van der Waals surface area contributed by atoms with Crippen molar-refractivity contribution in [1.29, 1.82) is 0 Å². The van der Waals surface area contributed by atoms with E-state index in [0.29, 0.717) is 0 Å². The molecule has 3 atom stereocenters. The fourth-order valence-corrected chi connectivity index (χ4v) is 2.41. The van der Waals surface area contributed by atoms with E-state index < -0.39 is 0 Å². The Morgan fingerprint density at radius 3 is 2.69 bits per heavy atom. The van der Waals surface area contributed by atoms with Crippen molar-refractivity contribution in [3.05, 3.63) is 0 Å². The van der Waals surface area contributed by atoms with Crippen molar-refractivity contribution in [3.8, 4) is 0 Å². The summed E-state index contributed by atoms with van der Waals surface area (Å²) in [6, 6.07) is 0.720. The number of nitrogens with one attached hydrogen (secondary N) is 1. The molecule has 1 rings (SSSR count). The molecule has 0 heterocycles. The molecule has 0 radical (unpaired) electrons. The van der Waals surface area contributed by atoms with Crippen LogP contribution in [0.4, 0.5) is 0 Å². The Hall–Kier alpha value is -0.0400. The van der Waals surface area contributed by atoms with Crippen molar-refractivity contribution in [2.24, 2.45) is 11.8 Å². The summed E-state index contributed by atoms with van der Waals surface area (Å²) in [5.41, 5.74) is 0. The Kier molecular flexibility index (Phi) is 4.79. The molecule has 1 heteroatoms. The van der Waals surface area contributed by atoms with Gasteiger partial charge in [-0.3, -0.25) is 0 Å². The fourth-order valence-electron chi connectivity index (χ4n) is 2.41. The van der Waals surface area contributed by atoms with Crippen molar-refractivity contribution in [2.75, 3.05) is 6.54 Å². The summed E-state index contributed by atoms with van der Waals surface area (Å²) in [6.07, 6.45) is 6.98. The summed E-state index contributed by atoms with van der Waals surface area (Å²) in [7, 11) is 0. The van der Waals surface area contributed by atoms with E-state index in [0.717, 1.165) is 17.9 Å². The third-order valence-electron chi connectivity index (χ3n) is 3.49. The molecule has 0 bridgehead atoms. The van der Waals surface area contributed by atoms with E-state index in [4.69, 9.17) is 0 Å². The second-order valence-electron chi connectivity index (χ2n) is 4.77. The second-order valence-corrected chi connectivity index (χ2v) is 4.77. The lowest BCUT2D eigenvalue weighted by atomic mass is 9.98. The quantitative estimate of drug-likeness (QED) is 0.690. The number of hydrogen-bond acceptors (Lipinski definition) is 1. The first kappa shape index (κ1) is 11.0. The normalized spacial score (nSPS) is 30.7. The SMILES string of the molecule is CCCC(C)NCC1CCCC1C. The summed E-state index contributed by atoms with van der Waals surface area (Å²) >= 11 is 0. The lowest BCUT2D eigenvalue weighted by Crippen LogP contribution is -2.31. The van der Waals surface area contributed by atoms with Gasteiger partial charge < -0.3 is 5.32 Å². The highest BCUT2D eigenvalue weighted by atomic mass is 14.9. The standard InChI is InChI=1S/C12H25N/c1-4-6-11(3)13-9-12-8-5-7-10(12)2/h10-13H,4-9H2,1-3H3. The molecule has 1 saturated carbocycles. The van der Waals surface area contributed by atoms with Crippen LogP contribution in [0.5, 0.6) is 0 Å². The van der Waals surface area contributed by atoms with Crippen LogP contribution in [-0.2, 0) is 0 Å². The second kappa shape index (κ2) is 5.64. The number of rotatable bonds is 5. The van der Waals surface area contributed by atoms with Crippen molar-refractivity contribution >= 4 is 0 Å². The Balaban J connectivity index is 2.10. The van der Waals surface area contributed by atoms with Crippen molar-refractivity contribution in [1.82, 2.24) is 5.32 Å². The molecule has 1 aliphatic carbocycles. The van der Waals surface area contributed by atoms with Gasteiger partial charge in [-0.25, -0.2) is 0 Å². The maximum absolute atomic E-state index is 3.66. The van der Waals surface area contributed by atoms with Crippen LogP contribution in [0.15, 0.2) is 0 Å². The number of hydrogen-bond donors (Lipinski definition) is 1. The van der Waals surface area contributed by atoms with Gasteiger partial charge in [0.1, 0.15) is 0 Å². The van der Waals surface area contributed by atoms with Crippen molar-refractivity contribution in [3.63, 3.8) is 0 Å². The summed E-state index contributed by atoms with van der Waals surface area (Å²) in [6.45, 7) is 8.23. The van der Waals surface area contributed by atoms with Gasteiger partial charge in [0.15, 0.2) is 0 Å². The van der Waals surface area contributed by atoms with E-state index in [2.05, 4.69) is 26.1 Å². The maximum Gasteiger partial charge on any atom is 0.00387 e. The molecule has 1 N–H and O–H groups in total. The molecule has 1 aliphatic rings. The van der Waals surface area contributed by atoms with Gasteiger partial charge in [0.2, 0.25) is 0 Å². The molecule has 0 aromatic heterocycles. The van der Waals surface area contributed by atoms with Crippen LogP contribution in [0.3, 0.4) is 0 Å². The maximum atomic E-state index is 3.66. The van der Waals surface area contributed by atoms with Gasteiger partial charge in [-0.15, -0.1) is 0 Å². The van der Waals surface area contributed by atoms with Gasteiger partial charge in [-0.1, -0.05) is 33.1 Å². The summed E-state index contributed by atoms with van der Waals surface area (Å²) in [5.74, 6) is 1.92. The highest BCUT2D eigenvalue weighted by molar-refractivity contribution is 4.77. The van der Waals surface area contributed by atoms with Crippen LogP contribution in [-0.4, -0.2) is 12.6 Å². The summed E-state index contributed by atoms with van der Waals surface area (Å²) in [5, 5.41) is 3.66. The molecule has 78 valence electrons. The molecule has 0 aromatic rings. The molecule has 3 unspecified atom stereocenters. The third kappa shape index (κ3) is 3.68. The molecule has 0 saturated heterocycles. The van der Waals surface area contributed by atoms with Gasteiger partial charge in [0, 0.05) is 6.04 Å². The fraction of sp³-hybridized carbons (Fsp3) is 1.00. The molecule has 0 aromatic carbocycles. The first-order valence-electron chi connectivity index (χ1n) is 5.97. The molecular weight excluding hydrogens is 158 g/mol. The van der Waals surface area contributed by atoms with Gasteiger partial charge >= 0.3 is 0 Å². The van der Waals surface area contributed by atoms with Crippen LogP contribution in [0.2, 0.25) is 0 Å². The Morgan fingerprint density at radius 2 is 2.15 bits per heavy atom. The summed E-state index contributed by atoms with van der Waals surface area (Å²) in [4.78, 5) is 0. The van der Waals surface area contributed by atoms with Crippen LogP contribution >= 0.6 is 0 Å². The van der Waals surface area contributed by atoms with E-state index in [1.54, 1.807) is 0 Å². The van der Waals surface area contributed by atoms with E-state index >= 15 is 0 Å². The smallest absolute Gasteiger partial charge is 0.00387 e. The molecule has 1 fully saturated rings. The van der Waals surface area contributed by atoms with Crippen molar-refractivity contribution < 1.29 is 0 Å². The van der Waals surface area contributed by atoms with Gasteiger partial charge in [0.25, 0.3) is 0 Å². The van der Waals surface area contributed by atoms with Gasteiger partial charge in [-0.2, -0.15) is 0 Å². The minimum atomic E-state index is 0.720.